The molecule has 9 heteroatoms. The number of aromatic nitrogens is 2. The normalized spacial score (nSPS) is 9.83. The largest absolute Gasteiger partial charge is 0.361 e. The van der Waals surface area contributed by atoms with Crippen molar-refractivity contribution in [1.29, 1.82) is 0 Å². The molecule has 1 aromatic heterocycles. The Morgan fingerprint density at radius 3 is 2.62 bits per heavy atom. The van der Waals surface area contributed by atoms with Gasteiger partial charge in [0.1, 0.15) is 6.33 Å². The van der Waals surface area contributed by atoms with Crippen LogP contribution in [0.2, 0.25) is 0 Å². The Labute approximate surface area is 137 Å². The number of carbonyl (C=O) groups is 1. The molecular weight excluding hydrogens is 312 g/mol. The minimum atomic E-state index is -0.628. The van der Waals surface area contributed by atoms with Crippen molar-refractivity contribution >= 4 is 23.2 Å². The molecule has 0 atom stereocenters. The summed E-state index contributed by atoms with van der Waals surface area (Å²) in [7, 11) is 0. The number of hydrogen-bond acceptors (Lipinski definition) is 7. The van der Waals surface area contributed by atoms with E-state index < -0.39 is 4.92 Å². The van der Waals surface area contributed by atoms with Crippen LogP contribution in [0.3, 0.4) is 0 Å². The first-order valence-electron chi connectivity index (χ1n) is 7.04. The van der Waals surface area contributed by atoms with Gasteiger partial charge in [-0.15, -0.1) is 6.58 Å². The van der Waals surface area contributed by atoms with Crippen molar-refractivity contribution < 1.29 is 9.72 Å². The van der Waals surface area contributed by atoms with E-state index in [2.05, 4.69) is 32.7 Å². The first kappa shape index (κ1) is 16.9. The van der Waals surface area contributed by atoms with Crippen molar-refractivity contribution in [2.24, 2.45) is 0 Å². The fraction of sp³-hybridized carbons (Fsp3) is 0.133. The quantitative estimate of drug-likeness (QED) is 0.383. The van der Waals surface area contributed by atoms with E-state index in [-0.39, 0.29) is 29.7 Å². The zero-order valence-electron chi connectivity index (χ0n) is 12.7. The van der Waals surface area contributed by atoms with Crippen LogP contribution in [0.5, 0.6) is 0 Å². The highest BCUT2D eigenvalue weighted by Gasteiger charge is 2.22. The van der Waals surface area contributed by atoms with Crippen LogP contribution in [-0.4, -0.2) is 27.3 Å². The predicted octanol–water partition coefficient (Wildman–Crippen LogP) is 1.67. The van der Waals surface area contributed by atoms with Crippen LogP contribution in [-0.2, 0) is 11.2 Å². The minimum absolute atomic E-state index is 0.0368. The van der Waals surface area contributed by atoms with Crippen molar-refractivity contribution in [3.05, 3.63) is 65.0 Å². The SMILES string of the molecule is C=CCNc1ncnc(NNC(=O)Cc2ccccc2)c1[N+](=O)[O-]. The molecule has 0 aliphatic heterocycles. The Balaban J connectivity index is 2.07. The number of nitro groups is 1. The summed E-state index contributed by atoms with van der Waals surface area (Å²) in [6.45, 7) is 3.83. The van der Waals surface area contributed by atoms with Gasteiger partial charge in [-0.25, -0.2) is 9.97 Å². The molecule has 0 radical (unpaired) electrons. The molecule has 0 unspecified atom stereocenters. The molecule has 0 bridgehead atoms. The number of amides is 1. The summed E-state index contributed by atoms with van der Waals surface area (Å²) in [6.07, 6.45) is 2.83. The van der Waals surface area contributed by atoms with E-state index >= 15 is 0 Å². The molecule has 1 heterocycles. The molecule has 24 heavy (non-hydrogen) atoms. The highest BCUT2D eigenvalue weighted by atomic mass is 16.6. The summed E-state index contributed by atoms with van der Waals surface area (Å²) in [5, 5.41) is 14.0. The average molecular weight is 328 g/mol. The van der Waals surface area contributed by atoms with Crippen LogP contribution < -0.4 is 16.2 Å². The van der Waals surface area contributed by atoms with E-state index in [1.165, 1.54) is 0 Å². The Hall–Kier alpha value is -3.49. The Morgan fingerprint density at radius 1 is 1.25 bits per heavy atom. The van der Waals surface area contributed by atoms with E-state index in [9.17, 15) is 14.9 Å². The van der Waals surface area contributed by atoms with Gasteiger partial charge < -0.3 is 5.32 Å². The molecule has 1 aromatic carbocycles. The number of nitrogens with one attached hydrogen (secondary N) is 3. The fourth-order valence-electron chi connectivity index (χ4n) is 1.90. The highest BCUT2D eigenvalue weighted by molar-refractivity contribution is 5.80. The highest BCUT2D eigenvalue weighted by Crippen LogP contribution is 2.28. The smallest absolute Gasteiger partial charge is 0.354 e. The van der Waals surface area contributed by atoms with Gasteiger partial charge in [0, 0.05) is 6.54 Å². The first-order chi connectivity index (χ1) is 11.6. The van der Waals surface area contributed by atoms with Crippen molar-refractivity contribution in [2.45, 2.75) is 6.42 Å². The lowest BCUT2D eigenvalue weighted by Crippen LogP contribution is -2.31. The number of anilines is 2. The maximum absolute atomic E-state index is 11.9. The second-order valence-electron chi connectivity index (χ2n) is 4.68. The molecule has 2 rings (SSSR count). The summed E-state index contributed by atoms with van der Waals surface area (Å²) in [6, 6.07) is 9.11. The molecule has 0 saturated heterocycles. The van der Waals surface area contributed by atoms with Gasteiger partial charge in [-0.3, -0.25) is 25.8 Å². The van der Waals surface area contributed by atoms with Gasteiger partial charge >= 0.3 is 5.69 Å². The maximum atomic E-state index is 11.9. The van der Waals surface area contributed by atoms with Crippen molar-refractivity contribution in [2.75, 3.05) is 17.3 Å². The third kappa shape index (κ3) is 4.50. The third-order valence-electron chi connectivity index (χ3n) is 2.95. The van der Waals surface area contributed by atoms with Gasteiger partial charge in [-0.2, -0.15) is 0 Å². The zero-order chi connectivity index (χ0) is 17.4. The van der Waals surface area contributed by atoms with E-state index in [4.69, 9.17) is 0 Å². The standard InChI is InChI=1S/C15H16N6O3/c1-2-8-16-14-13(21(23)24)15(18-10-17-14)20-19-12(22)9-11-6-4-3-5-7-11/h2-7,10H,1,8-9H2,(H,19,22)(H2,16,17,18,20). The Kier molecular flexibility index (Phi) is 5.78. The lowest BCUT2D eigenvalue weighted by atomic mass is 10.1. The number of carbonyl (C=O) groups excluding carboxylic acids is 1. The monoisotopic (exact) mass is 328 g/mol. The van der Waals surface area contributed by atoms with Crippen LogP contribution in [0.1, 0.15) is 5.56 Å². The van der Waals surface area contributed by atoms with Crippen molar-refractivity contribution in [3.63, 3.8) is 0 Å². The molecule has 0 aliphatic rings. The molecule has 0 fully saturated rings. The fourth-order valence-corrected chi connectivity index (χ4v) is 1.90. The van der Waals surface area contributed by atoms with Gasteiger partial charge in [-0.05, 0) is 5.56 Å². The molecule has 3 N–H and O–H groups in total. The van der Waals surface area contributed by atoms with E-state index in [0.717, 1.165) is 11.9 Å². The van der Waals surface area contributed by atoms with E-state index in [1.807, 2.05) is 30.3 Å². The van der Waals surface area contributed by atoms with Crippen LogP contribution in [0.25, 0.3) is 0 Å². The van der Waals surface area contributed by atoms with Crippen LogP contribution >= 0.6 is 0 Å². The Morgan fingerprint density at radius 2 is 1.96 bits per heavy atom. The summed E-state index contributed by atoms with van der Waals surface area (Å²) < 4.78 is 0. The summed E-state index contributed by atoms with van der Waals surface area (Å²) in [5.74, 6) is -0.424. The lowest BCUT2D eigenvalue weighted by molar-refractivity contribution is -0.383. The number of nitrogens with zero attached hydrogens (tertiary/aromatic N) is 3. The third-order valence-corrected chi connectivity index (χ3v) is 2.95. The van der Waals surface area contributed by atoms with Crippen LogP contribution in [0, 0.1) is 10.1 Å². The number of rotatable bonds is 8. The maximum Gasteiger partial charge on any atom is 0.354 e. The lowest BCUT2D eigenvalue weighted by Gasteiger charge is -2.10. The average Bonchev–Trinajstić information content (AvgIpc) is 2.58. The van der Waals surface area contributed by atoms with Gasteiger partial charge in [0.2, 0.25) is 17.5 Å². The summed E-state index contributed by atoms with van der Waals surface area (Å²) in [5.41, 5.74) is 5.33. The molecule has 0 saturated carbocycles. The van der Waals surface area contributed by atoms with Gasteiger partial charge in [0.25, 0.3) is 0 Å². The molecular formula is C15H16N6O3. The van der Waals surface area contributed by atoms with Crippen LogP contribution in [0.15, 0.2) is 49.3 Å². The molecule has 0 aliphatic carbocycles. The van der Waals surface area contributed by atoms with Crippen molar-refractivity contribution in [3.8, 4) is 0 Å². The van der Waals surface area contributed by atoms with Gasteiger partial charge in [0.15, 0.2) is 0 Å². The Bertz CT molecular complexity index is 735. The van der Waals surface area contributed by atoms with Gasteiger partial charge in [0.05, 0.1) is 11.3 Å². The van der Waals surface area contributed by atoms with Crippen molar-refractivity contribution in [1.82, 2.24) is 15.4 Å². The number of benzene rings is 1. The molecule has 1 amide bonds. The summed E-state index contributed by atoms with van der Waals surface area (Å²) >= 11 is 0. The van der Waals surface area contributed by atoms with E-state index in [0.29, 0.717) is 6.54 Å². The molecule has 9 nitrogen and oxygen atoms in total. The second-order valence-corrected chi connectivity index (χ2v) is 4.68. The van der Waals surface area contributed by atoms with E-state index in [1.54, 1.807) is 6.08 Å². The topological polar surface area (TPSA) is 122 Å². The van der Waals surface area contributed by atoms with Gasteiger partial charge in [-0.1, -0.05) is 36.4 Å². The number of hydrazine groups is 1. The molecule has 2 aromatic rings. The second kappa shape index (κ2) is 8.22. The predicted molar refractivity (Wildman–Crippen MR) is 89.3 cm³/mol. The first-order valence-corrected chi connectivity index (χ1v) is 7.04. The number of hydrogen-bond donors (Lipinski definition) is 3. The zero-order valence-corrected chi connectivity index (χ0v) is 12.7. The molecule has 0 spiro atoms. The molecule has 124 valence electrons. The van der Waals surface area contributed by atoms with Crippen LogP contribution in [0.4, 0.5) is 17.3 Å². The minimum Gasteiger partial charge on any atom is -0.361 e. The summed E-state index contributed by atoms with van der Waals surface area (Å²) in [4.78, 5) is 30.2.